The lowest BCUT2D eigenvalue weighted by Crippen LogP contribution is -2.06. The van der Waals surface area contributed by atoms with E-state index in [1.165, 1.54) is 0 Å². The van der Waals surface area contributed by atoms with Gasteiger partial charge >= 0.3 is 5.97 Å². The molecule has 1 aromatic carbocycles. The number of ether oxygens (including phenoxy) is 1. The maximum Gasteiger partial charge on any atom is 0.339 e. The molecule has 0 fully saturated rings. The Hall–Kier alpha value is -2.21. The van der Waals surface area contributed by atoms with E-state index < -0.39 is 0 Å². The molecule has 6 heteroatoms. The van der Waals surface area contributed by atoms with Crippen LogP contribution in [0.5, 0.6) is 0 Å². The number of carbonyl (C=O) groups is 1. The lowest BCUT2D eigenvalue weighted by atomic mass is 10.1. The molecule has 0 aliphatic heterocycles. The number of para-hydroxylation sites is 1. The monoisotopic (exact) mass is 359 g/mol. The van der Waals surface area contributed by atoms with Crippen molar-refractivity contribution in [3.8, 4) is 5.69 Å². The SMILES string of the molecule is CCOC(=O)c1cc(Br)nc2c1c(C)nn2-c1ccccc1. The fourth-order valence-electron chi connectivity index (χ4n) is 2.38. The average Bonchev–Trinajstić information content (AvgIpc) is 2.84. The van der Waals surface area contributed by atoms with Gasteiger partial charge < -0.3 is 4.74 Å². The van der Waals surface area contributed by atoms with Gasteiger partial charge in [0.05, 0.1) is 28.9 Å². The number of nitrogens with zero attached hydrogens (tertiary/aromatic N) is 3. The summed E-state index contributed by atoms with van der Waals surface area (Å²) >= 11 is 3.36. The Labute approximate surface area is 136 Å². The third-order valence-corrected chi connectivity index (χ3v) is 3.68. The predicted molar refractivity (Wildman–Crippen MR) is 87.3 cm³/mol. The summed E-state index contributed by atoms with van der Waals surface area (Å²) in [6.07, 6.45) is 0. The molecule has 0 aliphatic rings. The molecule has 112 valence electrons. The highest BCUT2D eigenvalue weighted by molar-refractivity contribution is 9.10. The lowest BCUT2D eigenvalue weighted by Gasteiger charge is -2.06. The molecule has 3 aromatic rings. The molecule has 3 rings (SSSR count). The van der Waals surface area contributed by atoms with Crippen LogP contribution in [0.15, 0.2) is 41.0 Å². The summed E-state index contributed by atoms with van der Waals surface area (Å²) in [7, 11) is 0. The van der Waals surface area contributed by atoms with E-state index in [2.05, 4.69) is 26.0 Å². The van der Waals surface area contributed by atoms with Crippen LogP contribution in [0, 0.1) is 6.92 Å². The lowest BCUT2D eigenvalue weighted by molar-refractivity contribution is 0.0528. The van der Waals surface area contributed by atoms with Crippen LogP contribution in [-0.2, 0) is 4.74 Å². The number of esters is 1. The van der Waals surface area contributed by atoms with Gasteiger partial charge in [0.15, 0.2) is 5.65 Å². The summed E-state index contributed by atoms with van der Waals surface area (Å²) in [5.74, 6) is -0.369. The molecule has 0 radical (unpaired) electrons. The Morgan fingerprint density at radius 2 is 2.05 bits per heavy atom. The molecule has 0 aliphatic carbocycles. The van der Waals surface area contributed by atoms with Crippen molar-refractivity contribution in [2.45, 2.75) is 13.8 Å². The van der Waals surface area contributed by atoms with E-state index in [9.17, 15) is 4.79 Å². The molecule has 0 spiro atoms. The summed E-state index contributed by atoms with van der Waals surface area (Å²) in [5, 5.41) is 5.24. The van der Waals surface area contributed by atoms with Crippen molar-refractivity contribution in [2.75, 3.05) is 6.61 Å². The first-order valence-corrected chi connectivity index (χ1v) is 7.69. The van der Waals surface area contributed by atoms with Crippen molar-refractivity contribution in [1.82, 2.24) is 14.8 Å². The van der Waals surface area contributed by atoms with Crippen LogP contribution in [0.25, 0.3) is 16.7 Å². The highest BCUT2D eigenvalue weighted by atomic mass is 79.9. The molecule has 0 saturated heterocycles. The third kappa shape index (κ3) is 2.50. The largest absolute Gasteiger partial charge is 0.462 e. The van der Waals surface area contributed by atoms with E-state index in [0.29, 0.717) is 27.8 Å². The van der Waals surface area contributed by atoms with Gasteiger partial charge in [0.1, 0.15) is 4.60 Å². The van der Waals surface area contributed by atoms with Crippen LogP contribution in [0.4, 0.5) is 0 Å². The van der Waals surface area contributed by atoms with Crippen LogP contribution in [-0.4, -0.2) is 27.3 Å². The number of pyridine rings is 1. The van der Waals surface area contributed by atoms with E-state index in [-0.39, 0.29) is 5.97 Å². The number of hydrogen-bond acceptors (Lipinski definition) is 4. The van der Waals surface area contributed by atoms with Gasteiger partial charge in [-0.15, -0.1) is 0 Å². The highest BCUT2D eigenvalue weighted by Crippen LogP contribution is 2.27. The standard InChI is InChI=1S/C16H14BrN3O2/c1-3-22-16(21)12-9-13(17)18-15-14(12)10(2)19-20(15)11-7-5-4-6-8-11/h4-9H,3H2,1-2H3. The van der Waals surface area contributed by atoms with Crippen LogP contribution in [0.3, 0.4) is 0 Å². The average molecular weight is 360 g/mol. The molecule has 0 saturated carbocycles. The van der Waals surface area contributed by atoms with E-state index in [1.54, 1.807) is 17.7 Å². The maximum absolute atomic E-state index is 12.2. The molecular formula is C16H14BrN3O2. The number of halogens is 1. The van der Waals surface area contributed by atoms with Crippen LogP contribution < -0.4 is 0 Å². The molecule has 0 unspecified atom stereocenters. The van der Waals surface area contributed by atoms with Gasteiger partial charge in [-0.1, -0.05) is 18.2 Å². The first-order chi connectivity index (χ1) is 10.6. The second-order valence-corrected chi connectivity index (χ2v) is 5.56. The van der Waals surface area contributed by atoms with Gasteiger partial charge in [0, 0.05) is 0 Å². The minimum absolute atomic E-state index is 0.326. The van der Waals surface area contributed by atoms with Gasteiger partial charge in [0.2, 0.25) is 0 Å². The van der Waals surface area contributed by atoms with E-state index in [0.717, 1.165) is 11.4 Å². The zero-order valence-electron chi connectivity index (χ0n) is 12.2. The Kier molecular flexibility index (Phi) is 3.94. The summed E-state index contributed by atoms with van der Waals surface area (Å²) in [6, 6.07) is 11.4. The summed E-state index contributed by atoms with van der Waals surface area (Å²) in [4.78, 5) is 16.7. The molecule has 2 heterocycles. The highest BCUT2D eigenvalue weighted by Gasteiger charge is 2.20. The van der Waals surface area contributed by atoms with Gasteiger partial charge in [0.25, 0.3) is 0 Å². The Morgan fingerprint density at radius 1 is 1.32 bits per heavy atom. The number of aryl methyl sites for hydroxylation is 1. The number of benzene rings is 1. The van der Waals surface area contributed by atoms with Crippen molar-refractivity contribution in [2.24, 2.45) is 0 Å². The third-order valence-electron chi connectivity index (χ3n) is 3.28. The van der Waals surface area contributed by atoms with E-state index >= 15 is 0 Å². The molecule has 2 aromatic heterocycles. The molecule has 0 bridgehead atoms. The second kappa shape index (κ2) is 5.88. The number of fused-ring (bicyclic) bond motifs is 1. The fourth-order valence-corrected chi connectivity index (χ4v) is 2.77. The predicted octanol–water partition coefficient (Wildman–Crippen LogP) is 3.67. The van der Waals surface area contributed by atoms with Crippen molar-refractivity contribution in [3.05, 3.63) is 52.3 Å². The molecule has 5 nitrogen and oxygen atoms in total. The number of hydrogen-bond donors (Lipinski definition) is 0. The summed E-state index contributed by atoms with van der Waals surface area (Å²) < 4.78 is 7.44. The van der Waals surface area contributed by atoms with Crippen molar-refractivity contribution in [3.63, 3.8) is 0 Å². The second-order valence-electron chi connectivity index (χ2n) is 4.74. The van der Waals surface area contributed by atoms with Gasteiger partial charge in [-0.2, -0.15) is 5.10 Å². The van der Waals surface area contributed by atoms with Crippen molar-refractivity contribution >= 4 is 32.9 Å². The van der Waals surface area contributed by atoms with Crippen LogP contribution >= 0.6 is 15.9 Å². The fraction of sp³-hybridized carbons (Fsp3) is 0.188. The number of carbonyl (C=O) groups excluding carboxylic acids is 1. The molecule has 0 atom stereocenters. The topological polar surface area (TPSA) is 57.0 Å². The summed E-state index contributed by atoms with van der Waals surface area (Å²) in [5.41, 5.74) is 2.72. The minimum atomic E-state index is -0.369. The van der Waals surface area contributed by atoms with Gasteiger partial charge in [-0.3, -0.25) is 0 Å². The first-order valence-electron chi connectivity index (χ1n) is 6.90. The number of rotatable bonds is 3. The van der Waals surface area contributed by atoms with Crippen molar-refractivity contribution < 1.29 is 9.53 Å². The molecule has 0 amide bonds. The minimum Gasteiger partial charge on any atom is -0.462 e. The summed E-state index contributed by atoms with van der Waals surface area (Å²) in [6.45, 7) is 3.97. The molecule has 0 N–H and O–H groups in total. The van der Waals surface area contributed by atoms with Crippen LogP contribution in [0.2, 0.25) is 0 Å². The van der Waals surface area contributed by atoms with Gasteiger partial charge in [-0.25, -0.2) is 14.5 Å². The molecular weight excluding hydrogens is 346 g/mol. The molecule has 22 heavy (non-hydrogen) atoms. The Bertz CT molecular complexity index is 843. The first kappa shape index (κ1) is 14.7. The Balaban J connectivity index is 2.29. The number of aromatic nitrogens is 3. The quantitative estimate of drug-likeness (QED) is 0.528. The van der Waals surface area contributed by atoms with Gasteiger partial charge in [-0.05, 0) is 48.0 Å². The zero-order chi connectivity index (χ0) is 15.7. The van der Waals surface area contributed by atoms with Crippen molar-refractivity contribution in [1.29, 1.82) is 0 Å². The Morgan fingerprint density at radius 3 is 2.73 bits per heavy atom. The zero-order valence-corrected chi connectivity index (χ0v) is 13.8. The normalized spacial score (nSPS) is 10.9. The van der Waals surface area contributed by atoms with E-state index in [4.69, 9.17) is 4.74 Å². The van der Waals surface area contributed by atoms with Crippen LogP contribution in [0.1, 0.15) is 23.0 Å². The maximum atomic E-state index is 12.2. The van der Waals surface area contributed by atoms with E-state index in [1.807, 2.05) is 37.3 Å². The smallest absolute Gasteiger partial charge is 0.339 e.